The number of amides is 3. The van der Waals surface area contributed by atoms with E-state index >= 15 is 0 Å². The van der Waals surface area contributed by atoms with Gasteiger partial charge in [-0.3, -0.25) is 4.79 Å². The van der Waals surface area contributed by atoms with Crippen LogP contribution in [0.5, 0.6) is 0 Å². The predicted molar refractivity (Wildman–Crippen MR) is 95.0 cm³/mol. The topological polar surface area (TPSA) is 113 Å². The van der Waals surface area contributed by atoms with Crippen LogP contribution in [0.25, 0.3) is 0 Å². The number of β-lactam (4-membered cyclic amide) rings is 1. The summed E-state index contributed by atoms with van der Waals surface area (Å²) in [6, 6.07) is -1.06. The van der Waals surface area contributed by atoms with Gasteiger partial charge >= 0.3 is 35.6 Å². The summed E-state index contributed by atoms with van der Waals surface area (Å²) in [6.07, 6.45) is 1.33. The van der Waals surface area contributed by atoms with Crippen molar-refractivity contribution in [3.63, 3.8) is 0 Å². The summed E-state index contributed by atoms with van der Waals surface area (Å²) < 4.78 is 0. The number of carbonyl (C=O) groups is 3. The maximum atomic E-state index is 12.6. The number of carboxylic acids is 1. The van der Waals surface area contributed by atoms with E-state index in [2.05, 4.69) is 5.32 Å². The quantitative estimate of drug-likeness (QED) is 0.383. The van der Waals surface area contributed by atoms with Crippen molar-refractivity contribution in [2.24, 2.45) is 11.8 Å². The number of aliphatic carboxylic acids is 1. The van der Waals surface area contributed by atoms with Crippen molar-refractivity contribution in [3.05, 3.63) is 11.3 Å². The number of carboxylic acid groups (broad SMARTS) is 1. The van der Waals surface area contributed by atoms with Gasteiger partial charge < -0.3 is 30.1 Å². The molecule has 0 spiro atoms. The number of likely N-dealkylation sites (N-methyl/N-ethyl adjacent to an activating group) is 1. The molecule has 150 valence electrons. The fourth-order valence-corrected chi connectivity index (χ4v) is 4.80. The van der Waals surface area contributed by atoms with Crippen LogP contribution in [0.15, 0.2) is 11.3 Å². The number of rotatable bonds is 3. The third kappa shape index (κ3) is 3.72. The molecule has 3 rings (SSSR count). The van der Waals surface area contributed by atoms with Crippen LogP contribution < -0.4 is 40.0 Å². The Hall–Kier alpha value is -1.09. The normalized spacial score (nSPS) is 29.9. The zero-order valence-corrected chi connectivity index (χ0v) is 19.5. The van der Waals surface area contributed by atoms with E-state index in [1.165, 1.54) is 9.80 Å². The zero-order chi connectivity index (χ0) is 20.3. The maximum Gasteiger partial charge on any atom is 1.00 e. The summed E-state index contributed by atoms with van der Waals surface area (Å²) >= 11 is 0. The molecule has 0 aromatic heterocycles. The number of urea groups is 1. The Morgan fingerprint density at radius 3 is 2.43 bits per heavy atom. The molecule has 0 radical (unpaired) electrons. The van der Waals surface area contributed by atoms with Crippen molar-refractivity contribution in [3.8, 4) is 0 Å². The van der Waals surface area contributed by atoms with Crippen molar-refractivity contribution >= 4 is 17.9 Å². The van der Waals surface area contributed by atoms with Gasteiger partial charge in [0.1, 0.15) is 0 Å². The van der Waals surface area contributed by atoms with Crippen LogP contribution in [0.2, 0.25) is 0 Å². The minimum absolute atomic E-state index is 0. The van der Waals surface area contributed by atoms with Gasteiger partial charge in [-0.2, -0.15) is 0 Å². The molecule has 2 fully saturated rings. The summed E-state index contributed by atoms with van der Waals surface area (Å²) in [5.41, 5.74) is 0.0673. The van der Waals surface area contributed by atoms with Crippen molar-refractivity contribution in [2.45, 2.75) is 70.7 Å². The molecule has 2 aliphatic heterocycles. The van der Waals surface area contributed by atoms with E-state index in [9.17, 15) is 24.6 Å². The molecule has 3 aliphatic rings. The molecule has 28 heavy (non-hydrogen) atoms. The first kappa shape index (κ1) is 23.2. The van der Waals surface area contributed by atoms with Crippen LogP contribution in [-0.4, -0.2) is 63.6 Å². The molecule has 1 saturated heterocycles. The van der Waals surface area contributed by atoms with E-state index in [1.807, 2.05) is 20.8 Å². The van der Waals surface area contributed by atoms with Crippen molar-refractivity contribution in [1.29, 1.82) is 0 Å². The molecule has 0 bridgehead atoms. The number of fused-ring (bicyclic) bond motifs is 3. The first-order valence-electron chi connectivity index (χ1n) is 9.47. The van der Waals surface area contributed by atoms with E-state index < -0.39 is 29.6 Å². The summed E-state index contributed by atoms with van der Waals surface area (Å²) in [7, 11) is 1.65. The molecule has 8 nitrogen and oxygen atoms in total. The van der Waals surface area contributed by atoms with Gasteiger partial charge in [0.25, 0.3) is 0 Å². The number of hydrogen-bond acceptors (Lipinski definition) is 5. The number of aliphatic hydroxyl groups excluding tert-OH is 1. The third-order valence-corrected chi connectivity index (χ3v) is 5.85. The van der Waals surface area contributed by atoms with Crippen LogP contribution in [-0.2, 0) is 9.59 Å². The van der Waals surface area contributed by atoms with E-state index in [4.69, 9.17) is 0 Å². The molecular weight excluding hydrogens is 373 g/mol. The Labute approximate surface area is 187 Å². The monoisotopic (exact) mass is 401 g/mol. The van der Waals surface area contributed by atoms with Gasteiger partial charge in [-0.05, 0) is 46.1 Å². The minimum atomic E-state index is -1.40. The first-order valence-corrected chi connectivity index (χ1v) is 9.47. The van der Waals surface area contributed by atoms with Crippen molar-refractivity contribution < 1.29 is 54.2 Å². The van der Waals surface area contributed by atoms with Crippen LogP contribution in [0.1, 0.15) is 47.0 Å². The largest absolute Gasteiger partial charge is 1.00 e. The summed E-state index contributed by atoms with van der Waals surface area (Å²) in [5, 5.41) is 24.8. The van der Waals surface area contributed by atoms with Gasteiger partial charge in [0.05, 0.1) is 35.8 Å². The average molecular weight is 401 g/mol. The second-order valence-electron chi connectivity index (χ2n) is 8.90. The fraction of sp³-hybridized carbons (Fsp3) is 0.737. The molecule has 5 atom stereocenters. The SMILES string of the molecule is CC(O)[C@H]1C(=O)N2C(C(=O)[O-])=C3[C@H](CCC[C@@H]3N(C)C(=O)NC(C)(C)C)[C@H]12.[Na+]. The predicted octanol–water partition coefficient (Wildman–Crippen LogP) is -3.18. The standard InChI is InChI=1S/C19H29N3O5.Na/c1-9(23)12-14-10-7-6-8-11(21(5)18(27)20-19(2,3)4)13(10)15(17(25)26)22(14)16(12)24;/h9-12,14,23H,6-8H2,1-5H3,(H,20,27)(H,25,26);/q;+1/p-1/t9?,10-,11-,12+,14+;/m0./s1. The third-order valence-electron chi connectivity index (χ3n) is 5.85. The Morgan fingerprint density at radius 1 is 1.32 bits per heavy atom. The van der Waals surface area contributed by atoms with Crippen LogP contribution in [0.3, 0.4) is 0 Å². The smallest absolute Gasteiger partial charge is 0.543 e. The second-order valence-corrected chi connectivity index (χ2v) is 8.90. The molecule has 1 unspecified atom stereocenters. The van der Waals surface area contributed by atoms with E-state index in [1.54, 1.807) is 14.0 Å². The number of nitrogens with one attached hydrogen (secondary N) is 1. The molecule has 2 heterocycles. The van der Waals surface area contributed by atoms with Crippen molar-refractivity contribution in [1.82, 2.24) is 15.1 Å². The Balaban J connectivity index is 0.00000280. The second kappa shape index (κ2) is 7.97. The number of carbonyl (C=O) groups excluding carboxylic acids is 3. The molecule has 0 aromatic carbocycles. The zero-order valence-electron chi connectivity index (χ0n) is 17.5. The molecule has 9 heteroatoms. The summed E-state index contributed by atoms with van der Waals surface area (Å²) in [4.78, 5) is 39.8. The molecule has 1 aliphatic carbocycles. The van der Waals surface area contributed by atoms with E-state index in [-0.39, 0.29) is 59.2 Å². The Kier molecular flexibility index (Phi) is 6.60. The van der Waals surface area contributed by atoms with Gasteiger partial charge in [0.15, 0.2) is 0 Å². The van der Waals surface area contributed by atoms with E-state index in [0.717, 1.165) is 12.8 Å². The molecule has 0 aromatic rings. The summed E-state index contributed by atoms with van der Waals surface area (Å²) in [5.74, 6) is -2.55. The first-order chi connectivity index (χ1) is 12.5. The molecule has 1 saturated carbocycles. The molecule has 3 amide bonds. The van der Waals surface area contributed by atoms with Gasteiger partial charge in [-0.25, -0.2) is 4.79 Å². The molecule has 2 N–H and O–H groups in total. The van der Waals surface area contributed by atoms with Gasteiger partial charge in [-0.15, -0.1) is 0 Å². The Morgan fingerprint density at radius 2 is 1.93 bits per heavy atom. The van der Waals surface area contributed by atoms with Gasteiger partial charge in [-0.1, -0.05) is 6.42 Å². The van der Waals surface area contributed by atoms with E-state index in [0.29, 0.717) is 12.0 Å². The Bertz CT molecular complexity index is 715. The number of hydrogen-bond donors (Lipinski definition) is 2. The summed E-state index contributed by atoms with van der Waals surface area (Å²) in [6.45, 7) is 7.19. The number of nitrogens with zero attached hydrogens (tertiary/aromatic N) is 2. The fourth-order valence-electron chi connectivity index (χ4n) is 4.80. The van der Waals surface area contributed by atoms with Crippen molar-refractivity contribution in [2.75, 3.05) is 7.05 Å². The maximum absolute atomic E-state index is 12.6. The van der Waals surface area contributed by atoms with Gasteiger partial charge in [0, 0.05) is 18.5 Å². The van der Waals surface area contributed by atoms with Crippen LogP contribution in [0, 0.1) is 11.8 Å². The molecular formula is C19H28N3NaO5. The van der Waals surface area contributed by atoms with Crippen LogP contribution >= 0.6 is 0 Å². The number of aliphatic hydroxyl groups is 1. The van der Waals surface area contributed by atoms with Gasteiger partial charge in [0.2, 0.25) is 5.91 Å². The average Bonchev–Trinajstić information content (AvgIpc) is 2.83. The minimum Gasteiger partial charge on any atom is -0.543 e. The van der Waals surface area contributed by atoms with Crippen LogP contribution in [0.4, 0.5) is 4.79 Å².